The Kier molecular flexibility index (Phi) is 3.22. The van der Waals surface area contributed by atoms with Crippen LogP contribution in [0, 0.1) is 0 Å². The summed E-state index contributed by atoms with van der Waals surface area (Å²) < 4.78 is 1.09. The summed E-state index contributed by atoms with van der Waals surface area (Å²) in [6.07, 6.45) is 1.58. The van der Waals surface area contributed by atoms with E-state index in [-0.39, 0.29) is 11.5 Å². The number of fused-ring (bicyclic) bond motifs is 1. The molecule has 0 aliphatic heterocycles. The van der Waals surface area contributed by atoms with Crippen molar-refractivity contribution in [3.63, 3.8) is 0 Å². The molecule has 3 N–H and O–H groups in total. The van der Waals surface area contributed by atoms with Crippen molar-refractivity contribution in [2.45, 2.75) is 0 Å². The van der Waals surface area contributed by atoms with Crippen molar-refractivity contribution in [2.75, 3.05) is 5.43 Å². The van der Waals surface area contributed by atoms with E-state index in [0.717, 1.165) is 15.2 Å². The van der Waals surface area contributed by atoms with Gasteiger partial charge >= 0.3 is 0 Å². The molecule has 6 heteroatoms. The minimum Gasteiger partial charge on any atom is -0.508 e. The number of para-hydroxylation sites is 1. The lowest BCUT2D eigenvalue weighted by Gasteiger charge is -2.03. The highest BCUT2D eigenvalue weighted by Gasteiger charge is 2.02. The number of rotatable bonds is 3. The highest BCUT2D eigenvalue weighted by molar-refractivity contribution is 7.20. The highest BCUT2D eigenvalue weighted by atomic mass is 32.1. The molecule has 20 heavy (non-hydrogen) atoms. The molecule has 0 atom stereocenters. The van der Waals surface area contributed by atoms with Crippen molar-refractivity contribution < 1.29 is 10.2 Å². The number of phenolic OH excluding ortho intramolecular Hbond substituents is 2. The molecule has 0 saturated heterocycles. The molecule has 0 saturated carbocycles. The number of nitrogens with zero attached hydrogens (tertiary/aromatic N) is 2. The fraction of sp³-hybridized carbons (Fsp3) is 0. The van der Waals surface area contributed by atoms with Crippen LogP contribution in [0.2, 0.25) is 0 Å². The van der Waals surface area contributed by atoms with E-state index >= 15 is 0 Å². The molecule has 100 valence electrons. The number of phenols is 2. The third kappa shape index (κ3) is 2.55. The Balaban J connectivity index is 1.78. The van der Waals surface area contributed by atoms with Crippen molar-refractivity contribution in [1.82, 2.24) is 4.98 Å². The zero-order valence-electron chi connectivity index (χ0n) is 10.3. The molecule has 0 aliphatic carbocycles. The second-order valence-corrected chi connectivity index (χ2v) is 5.15. The summed E-state index contributed by atoms with van der Waals surface area (Å²) >= 11 is 1.53. The number of hydrogen-bond donors (Lipinski definition) is 3. The summed E-state index contributed by atoms with van der Waals surface area (Å²) in [5.74, 6) is 0.0738. The van der Waals surface area contributed by atoms with Gasteiger partial charge in [-0.05, 0) is 24.3 Å². The minimum absolute atomic E-state index is 0.0178. The summed E-state index contributed by atoms with van der Waals surface area (Å²) in [5.41, 5.74) is 3.94. The van der Waals surface area contributed by atoms with Crippen molar-refractivity contribution in [1.29, 1.82) is 0 Å². The fourth-order valence-corrected chi connectivity index (χ4v) is 2.56. The maximum Gasteiger partial charge on any atom is 0.140 e. The quantitative estimate of drug-likeness (QED) is 0.299. The van der Waals surface area contributed by atoms with Crippen LogP contribution < -0.4 is 5.43 Å². The van der Waals surface area contributed by atoms with E-state index in [0.29, 0.717) is 5.69 Å². The maximum absolute atomic E-state index is 9.59. The largest absolute Gasteiger partial charge is 0.508 e. The molecule has 0 radical (unpaired) electrons. The molecule has 3 aromatic rings. The molecule has 0 aliphatic rings. The molecule has 1 aromatic heterocycles. The molecular weight excluding hydrogens is 274 g/mol. The predicted molar refractivity (Wildman–Crippen MR) is 80.6 cm³/mol. The van der Waals surface area contributed by atoms with E-state index in [1.807, 2.05) is 24.3 Å². The number of hydrazone groups is 1. The molecular formula is C14H11N3O2S. The van der Waals surface area contributed by atoms with Crippen molar-refractivity contribution in [3.05, 3.63) is 47.5 Å². The Morgan fingerprint density at radius 1 is 1.15 bits per heavy atom. The number of benzene rings is 2. The van der Waals surface area contributed by atoms with Crippen LogP contribution in [0.5, 0.6) is 11.5 Å². The second kappa shape index (κ2) is 5.18. The minimum atomic E-state index is 0.0178. The summed E-state index contributed by atoms with van der Waals surface area (Å²) in [6.45, 7) is 0. The van der Waals surface area contributed by atoms with Gasteiger partial charge < -0.3 is 10.2 Å². The van der Waals surface area contributed by atoms with Gasteiger partial charge in [0.25, 0.3) is 0 Å². The lowest BCUT2D eigenvalue weighted by Crippen LogP contribution is -1.90. The van der Waals surface area contributed by atoms with Gasteiger partial charge in [0.1, 0.15) is 22.2 Å². The molecule has 0 spiro atoms. The fourth-order valence-electron chi connectivity index (χ4n) is 1.72. The summed E-state index contributed by atoms with van der Waals surface area (Å²) in [4.78, 5) is 4.40. The van der Waals surface area contributed by atoms with E-state index < -0.39 is 0 Å². The highest BCUT2D eigenvalue weighted by Crippen LogP contribution is 2.27. The Morgan fingerprint density at radius 3 is 2.85 bits per heavy atom. The molecule has 3 rings (SSSR count). The van der Waals surface area contributed by atoms with Crippen LogP contribution in [-0.2, 0) is 0 Å². The zero-order valence-corrected chi connectivity index (χ0v) is 11.1. The number of hydrogen-bond acceptors (Lipinski definition) is 6. The first-order valence-electron chi connectivity index (χ1n) is 5.89. The first kappa shape index (κ1) is 12.4. The average Bonchev–Trinajstić information content (AvgIpc) is 2.85. The zero-order chi connectivity index (χ0) is 13.9. The normalized spacial score (nSPS) is 11.2. The van der Waals surface area contributed by atoms with Crippen LogP contribution in [0.1, 0.15) is 5.01 Å². The molecule has 0 bridgehead atoms. The van der Waals surface area contributed by atoms with Crippen molar-refractivity contribution in [2.24, 2.45) is 5.10 Å². The first-order valence-corrected chi connectivity index (χ1v) is 6.71. The summed E-state index contributed by atoms with van der Waals surface area (Å²) in [5, 5.41) is 23.7. The SMILES string of the molecule is Oc1ccc(O)c(N/N=C/c2nc3ccccc3s2)c1. The summed E-state index contributed by atoms with van der Waals surface area (Å²) in [7, 11) is 0. The standard InChI is InChI=1S/C14H11N3O2S/c18-9-5-6-12(19)11(7-9)17-15-8-14-16-10-3-1-2-4-13(10)20-14/h1-8,17-19H/b15-8+. The molecule has 0 unspecified atom stereocenters. The topological polar surface area (TPSA) is 77.7 Å². The molecule has 0 fully saturated rings. The Hall–Kier alpha value is -2.60. The van der Waals surface area contributed by atoms with Crippen LogP contribution in [0.4, 0.5) is 5.69 Å². The van der Waals surface area contributed by atoms with Crippen molar-refractivity contribution >= 4 is 33.5 Å². The third-order valence-corrected chi connectivity index (χ3v) is 3.62. The van der Waals surface area contributed by atoms with Gasteiger partial charge in [-0.25, -0.2) is 4.98 Å². The smallest absolute Gasteiger partial charge is 0.140 e. The van der Waals surface area contributed by atoms with Crippen LogP contribution in [-0.4, -0.2) is 21.4 Å². The monoisotopic (exact) mass is 285 g/mol. The Morgan fingerprint density at radius 2 is 2.00 bits per heavy atom. The number of thiazole rings is 1. The van der Waals surface area contributed by atoms with Gasteiger partial charge in [-0.2, -0.15) is 5.10 Å². The summed E-state index contributed by atoms with van der Waals surface area (Å²) in [6, 6.07) is 12.0. The lowest BCUT2D eigenvalue weighted by molar-refractivity contribution is 0.462. The molecule has 0 amide bonds. The number of aromatic hydroxyl groups is 2. The molecule has 1 heterocycles. The van der Waals surface area contributed by atoms with E-state index in [1.54, 1.807) is 6.21 Å². The second-order valence-electron chi connectivity index (χ2n) is 4.09. The van der Waals surface area contributed by atoms with Crippen LogP contribution in [0.25, 0.3) is 10.2 Å². The van der Waals surface area contributed by atoms with E-state index in [2.05, 4.69) is 15.5 Å². The average molecular weight is 285 g/mol. The van der Waals surface area contributed by atoms with Crippen LogP contribution in [0.15, 0.2) is 47.6 Å². The number of anilines is 1. The first-order chi connectivity index (χ1) is 9.72. The van der Waals surface area contributed by atoms with Crippen LogP contribution >= 0.6 is 11.3 Å². The predicted octanol–water partition coefficient (Wildman–Crippen LogP) is 3.15. The van der Waals surface area contributed by atoms with E-state index in [4.69, 9.17) is 0 Å². The van der Waals surface area contributed by atoms with Gasteiger partial charge in [-0.15, -0.1) is 11.3 Å². The van der Waals surface area contributed by atoms with Gasteiger partial charge in [0, 0.05) is 6.07 Å². The van der Waals surface area contributed by atoms with E-state index in [1.165, 1.54) is 29.5 Å². The van der Waals surface area contributed by atoms with Crippen LogP contribution in [0.3, 0.4) is 0 Å². The Bertz CT molecular complexity index is 750. The number of nitrogens with one attached hydrogen (secondary N) is 1. The van der Waals surface area contributed by atoms with Gasteiger partial charge in [0.2, 0.25) is 0 Å². The lowest BCUT2D eigenvalue weighted by atomic mass is 10.3. The maximum atomic E-state index is 9.59. The van der Waals surface area contributed by atoms with E-state index in [9.17, 15) is 10.2 Å². The van der Waals surface area contributed by atoms with Gasteiger partial charge in [-0.3, -0.25) is 5.43 Å². The van der Waals surface area contributed by atoms with Crippen molar-refractivity contribution in [3.8, 4) is 11.5 Å². The Labute approximate surface area is 118 Å². The van der Waals surface area contributed by atoms with Gasteiger partial charge in [0.05, 0.1) is 16.4 Å². The van der Waals surface area contributed by atoms with Gasteiger partial charge in [0.15, 0.2) is 0 Å². The molecule has 5 nitrogen and oxygen atoms in total. The van der Waals surface area contributed by atoms with Gasteiger partial charge in [-0.1, -0.05) is 12.1 Å². The number of aromatic nitrogens is 1. The molecule has 2 aromatic carbocycles. The third-order valence-electron chi connectivity index (χ3n) is 2.65.